The van der Waals surface area contributed by atoms with Crippen molar-refractivity contribution in [3.05, 3.63) is 59.4 Å². The molecule has 0 fully saturated rings. The molecule has 3 rings (SSSR count). The number of benzene rings is 2. The summed E-state index contributed by atoms with van der Waals surface area (Å²) in [6.45, 7) is 0. The highest BCUT2D eigenvalue weighted by Gasteiger charge is 2.09. The molecule has 0 unspecified atom stereocenters. The van der Waals surface area contributed by atoms with E-state index < -0.39 is 5.82 Å². The molecule has 0 amide bonds. The van der Waals surface area contributed by atoms with E-state index in [-0.39, 0.29) is 5.75 Å². The summed E-state index contributed by atoms with van der Waals surface area (Å²) in [5.41, 5.74) is 2.75. The smallest absolute Gasteiger partial charge is 0.164 e. The number of hydrogen-bond acceptors (Lipinski definition) is 2. The molecule has 0 heterocycles. The van der Waals surface area contributed by atoms with Gasteiger partial charge < -0.3 is 10.2 Å². The molecule has 0 saturated heterocycles. The van der Waals surface area contributed by atoms with E-state index in [0.717, 1.165) is 6.42 Å². The summed E-state index contributed by atoms with van der Waals surface area (Å²) in [5.74, 6) is -0.472. The first-order valence-electron chi connectivity index (χ1n) is 5.91. The number of para-hydroxylation sites is 1. The van der Waals surface area contributed by atoms with E-state index in [2.05, 4.69) is 0 Å². The molecule has 94 valence electrons. The second-order valence-corrected chi connectivity index (χ2v) is 4.26. The second kappa shape index (κ2) is 5.54. The predicted octanol–water partition coefficient (Wildman–Crippen LogP) is 3.41. The van der Waals surface area contributed by atoms with Crippen LogP contribution in [0.1, 0.15) is 17.5 Å². The van der Waals surface area contributed by atoms with Crippen LogP contribution >= 0.6 is 0 Å². The van der Waals surface area contributed by atoms with Crippen molar-refractivity contribution in [2.75, 3.05) is 0 Å². The van der Waals surface area contributed by atoms with Gasteiger partial charge in [0.1, 0.15) is 5.75 Å². The van der Waals surface area contributed by atoms with Crippen LogP contribution in [0.4, 0.5) is 4.39 Å². The molecule has 1 aliphatic carbocycles. The normalized spacial score (nSPS) is 12.5. The van der Waals surface area contributed by atoms with Gasteiger partial charge in [0.25, 0.3) is 0 Å². The van der Waals surface area contributed by atoms with Crippen LogP contribution in [-0.2, 0) is 12.8 Å². The summed E-state index contributed by atoms with van der Waals surface area (Å²) >= 11 is 0. The zero-order chi connectivity index (χ0) is 13.0. The molecule has 0 saturated carbocycles. The van der Waals surface area contributed by atoms with Crippen LogP contribution in [-0.4, -0.2) is 10.2 Å². The third kappa shape index (κ3) is 3.00. The number of rotatable bonds is 0. The largest absolute Gasteiger partial charge is 0.508 e. The number of fused-ring (bicyclic) bond motifs is 1. The number of phenolic OH excluding ortho intramolecular Hbond substituents is 2. The van der Waals surface area contributed by atoms with E-state index in [4.69, 9.17) is 10.2 Å². The number of aryl methyl sites for hydroxylation is 2. The first kappa shape index (κ1) is 12.4. The molecule has 0 atom stereocenters. The van der Waals surface area contributed by atoms with Crippen molar-refractivity contribution in [3.8, 4) is 11.5 Å². The third-order valence-corrected chi connectivity index (χ3v) is 2.93. The zero-order valence-electron chi connectivity index (χ0n) is 9.94. The van der Waals surface area contributed by atoms with Crippen molar-refractivity contribution in [3.63, 3.8) is 0 Å². The van der Waals surface area contributed by atoms with E-state index in [1.165, 1.54) is 42.2 Å². The van der Waals surface area contributed by atoms with Gasteiger partial charge >= 0.3 is 0 Å². The van der Waals surface area contributed by atoms with Crippen molar-refractivity contribution >= 4 is 0 Å². The lowest BCUT2D eigenvalue weighted by atomic mass is 10.1. The van der Waals surface area contributed by atoms with E-state index >= 15 is 0 Å². The van der Waals surface area contributed by atoms with Gasteiger partial charge in [-0.3, -0.25) is 0 Å². The fourth-order valence-corrected chi connectivity index (χ4v) is 2.01. The monoisotopic (exact) mass is 246 g/mol. The Balaban J connectivity index is 0.000000138. The average Bonchev–Trinajstić information content (AvgIpc) is 2.81. The summed E-state index contributed by atoms with van der Waals surface area (Å²) in [4.78, 5) is 0. The van der Waals surface area contributed by atoms with Gasteiger partial charge in [-0.25, -0.2) is 4.39 Å². The second-order valence-electron chi connectivity index (χ2n) is 4.26. The fraction of sp³-hybridized carbons (Fsp3) is 0.200. The minimum atomic E-state index is -0.576. The summed E-state index contributed by atoms with van der Waals surface area (Å²) in [5, 5.41) is 17.6. The molecule has 18 heavy (non-hydrogen) atoms. The third-order valence-electron chi connectivity index (χ3n) is 2.93. The molecule has 3 heteroatoms. The first-order chi connectivity index (χ1) is 8.66. The van der Waals surface area contributed by atoms with Gasteiger partial charge in [0.15, 0.2) is 11.6 Å². The molecule has 0 bridgehead atoms. The molecule has 0 spiro atoms. The predicted molar refractivity (Wildman–Crippen MR) is 68.2 cm³/mol. The molecule has 2 aromatic carbocycles. The molecular formula is C15H15FO2. The van der Waals surface area contributed by atoms with Crippen LogP contribution in [0.25, 0.3) is 0 Å². The van der Waals surface area contributed by atoms with E-state index in [1.807, 2.05) is 12.1 Å². The molecule has 1 aliphatic rings. The quantitative estimate of drug-likeness (QED) is 0.747. The van der Waals surface area contributed by atoms with Crippen molar-refractivity contribution in [1.82, 2.24) is 0 Å². The van der Waals surface area contributed by atoms with Gasteiger partial charge in [-0.05, 0) is 54.7 Å². The SMILES string of the molecule is Oc1ccc2c(c1)CCC2.Oc1ccccc1F. The van der Waals surface area contributed by atoms with E-state index in [1.54, 1.807) is 12.1 Å². The highest BCUT2D eigenvalue weighted by atomic mass is 19.1. The van der Waals surface area contributed by atoms with Crippen LogP contribution < -0.4 is 0 Å². The Morgan fingerprint density at radius 1 is 0.889 bits per heavy atom. The maximum atomic E-state index is 12.1. The highest BCUT2D eigenvalue weighted by molar-refractivity contribution is 5.37. The Labute approximate surface area is 105 Å². The molecular weight excluding hydrogens is 231 g/mol. The average molecular weight is 246 g/mol. The Morgan fingerprint density at radius 3 is 2.28 bits per heavy atom. The van der Waals surface area contributed by atoms with Crippen LogP contribution in [0.3, 0.4) is 0 Å². The number of hydrogen-bond donors (Lipinski definition) is 2. The Morgan fingerprint density at radius 2 is 1.61 bits per heavy atom. The van der Waals surface area contributed by atoms with Gasteiger partial charge in [-0.2, -0.15) is 0 Å². The molecule has 0 radical (unpaired) electrons. The lowest BCUT2D eigenvalue weighted by Gasteiger charge is -1.97. The summed E-state index contributed by atoms with van der Waals surface area (Å²) in [7, 11) is 0. The Hall–Kier alpha value is -2.03. The lowest BCUT2D eigenvalue weighted by molar-refractivity contribution is 0.432. The van der Waals surface area contributed by atoms with Crippen molar-refractivity contribution in [2.24, 2.45) is 0 Å². The highest BCUT2D eigenvalue weighted by Crippen LogP contribution is 2.24. The minimum Gasteiger partial charge on any atom is -0.508 e. The summed E-state index contributed by atoms with van der Waals surface area (Å²) in [6.07, 6.45) is 3.58. The number of phenols is 2. The Kier molecular flexibility index (Phi) is 3.82. The van der Waals surface area contributed by atoms with E-state index in [0.29, 0.717) is 5.75 Å². The Bertz CT molecular complexity index is 517. The van der Waals surface area contributed by atoms with Gasteiger partial charge in [-0.1, -0.05) is 18.2 Å². The van der Waals surface area contributed by atoms with Crippen molar-refractivity contribution in [2.45, 2.75) is 19.3 Å². The maximum Gasteiger partial charge on any atom is 0.164 e. The molecule has 0 aliphatic heterocycles. The standard InChI is InChI=1S/C9H10O.C6H5FO/c10-9-5-4-7-2-1-3-8(7)6-9;7-5-3-1-2-4-6(5)8/h4-6,10H,1-3H2;1-4,8H. The van der Waals surface area contributed by atoms with Crippen LogP contribution in [0.15, 0.2) is 42.5 Å². The lowest BCUT2D eigenvalue weighted by Crippen LogP contribution is -1.78. The van der Waals surface area contributed by atoms with Gasteiger partial charge in [-0.15, -0.1) is 0 Å². The van der Waals surface area contributed by atoms with Crippen LogP contribution in [0.2, 0.25) is 0 Å². The van der Waals surface area contributed by atoms with Crippen LogP contribution in [0.5, 0.6) is 11.5 Å². The number of aromatic hydroxyl groups is 2. The molecule has 2 aromatic rings. The molecule has 2 nitrogen and oxygen atoms in total. The van der Waals surface area contributed by atoms with E-state index in [9.17, 15) is 4.39 Å². The minimum absolute atomic E-state index is 0.299. The van der Waals surface area contributed by atoms with Crippen molar-refractivity contribution in [1.29, 1.82) is 0 Å². The first-order valence-corrected chi connectivity index (χ1v) is 5.91. The maximum absolute atomic E-state index is 12.1. The topological polar surface area (TPSA) is 40.5 Å². The van der Waals surface area contributed by atoms with Gasteiger partial charge in [0.05, 0.1) is 0 Å². The molecule has 0 aromatic heterocycles. The molecule has 2 N–H and O–H groups in total. The fourth-order valence-electron chi connectivity index (χ4n) is 2.01. The number of halogens is 1. The van der Waals surface area contributed by atoms with Crippen LogP contribution in [0, 0.1) is 5.82 Å². The summed E-state index contributed by atoms with van der Waals surface area (Å²) in [6, 6.07) is 11.3. The zero-order valence-corrected chi connectivity index (χ0v) is 9.94. The van der Waals surface area contributed by atoms with Crippen molar-refractivity contribution < 1.29 is 14.6 Å². The summed E-state index contributed by atoms with van der Waals surface area (Å²) < 4.78 is 12.1. The van der Waals surface area contributed by atoms with Gasteiger partial charge in [0, 0.05) is 0 Å². The van der Waals surface area contributed by atoms with Gasteiger partial charge in [0.2, 0.25) is 0 Å².